The summed E-state index contributed by atoms with van der Waals surface area (Å²) in [6.45, 7) is 1.96. The third-order valence-electron chi connectivity index (χ3n) is 3.39. The Morgan fingerprint density at radius 3 is 2.73 bits per heavy atom. The molecule has 0 unspecified atom stereocenters. The lowest BCUT2D eigenvalue weighted by atomic mass is 10.1. The van der Waals surface area contributed by atoms with Crippen LogP contribution >= 0.6 is 0 Å². The van der Waals surface area contributed by atoms with Crippen LogP contribution in [0.4, 0.5) is 0 Å². The Hall–Kier alpha value is -3.09. The average Bonchev–Trinajstić information content (AvgIpc) is 3.12. The lowest BCUT2D eigenvalue weighted by Crippen LogP contribution is -1.93. The number of hydrogen-bond donors (Lipinski definition) is 0. The number of nitrogens with zero attached hydrogens (tertiary/aromatic N) is 7. The number of fused-ring (bicyclic) bond motifs is 1. The largest absolute Gasteiger partial charge is 0.251 e. The lowest BCUT2D eigenvalue weighted by molar-refractivity contribution is 0.657. The highest BCUT2D eigenvalue weighted by atomic mass is 15.5. The summed E-state index contributed by atoms with van der Waals surface area (Å²) < 4.78 is 1.72. The van der Waals surface area contributed by atoms with Crippen molar-refractivity contribution in [1.82, 2.24) is 34.6 Å². The van der Waals surface area contributed by atoms with Crippen LogP contribution < -0.4 is 0 Å². The van der Waals surface area contributed by atoms with Crippen LogP contribution in [-0.4, -0.2) is 34.6 Å². The second-order valence-electron chi connectivity index (χ2n) is 5.03. The zero-order chi connectivity index (χ0) is 15.1. The molecule has 0 aromatic carbocycles. The van der Waals surface area contributed by atoms with Gasteiger partial charge in [-0.2, -0.15) is 20.1 Å². The quantitative estimate of drug-likeness (QED) is 0.564. The molecule has 0 aliphatic rings. The smallest absolute Gasteiger partial charge is 0.155 e. The van der Waals surface area contributed by atoms with Gasteiger partial charge in [-0.3, -0.25) is 4.98 Å². The van der Waals surface area contributed by atoms with Crippen LogP contribution in [0.25, 0.3) is 28.3 Å². The van der Waals surface area contributed by atoms with Crippen molar-refractivity contribution in [3.8, 4) is 22.6 Å². The van der Waals surface area contributed by atoms with E-state index in [0.717, 1.165) is 34.0 Å². The Morgan fingerprint density at radius 1 is 1.00 bits per heavy atom. The molecule has 4 rings (SSSR count). The molecule has 0 aliphatic heterocycles. The molecule has 4 aromatic heterocycles. The monoisotopic (exact) mass is 291 g/mol. The van der Waals surface area contributed by atoms with E-state index in [4.69, 9.17) is 0 Å². The van der Waals surface area contributed by atoms with E-state index in [-0.39, 0.29) is 0 Å². The van der Waals surface area contributed by atoms with Crippen molar-refractivity contribution in [3.05, 3.63) is 48.5 Å². The Labute approximate surface area is 126 Å². The van der Waals surface area contributed by atoms with Crippen LogP contribution in [0.1, 0.15) is 5.69 Å². The maximum absolute atomic E-state index is 4.54. The molecule has 0 amide bonds. The first-order valence-corrected chi connectivity index (χ1v) is 6.86. The third kappa shape index (κ3) is 2.03. The molecule has 0 N–H and O–H groups in total. The van der Waals surface area contributed by atoms with Crippen molar-refractivity contribution in [2.75, 3.05) is 0 Å². The Balaban J connectivity index is 1.91. The zero-order valence-electron chi connectivity index (χ0n) is 12.2. The van der Waals surface area contributed by atoms with Crippen LogP contribution in [0.15, 0.2) is 42.9 Å². The third-order valence-corrected chi connectivity index (χ3v) is 3.39. The van der Waals surface area contributed by atoms with Crippen molar-refractivity contribution < 1.29 is 0 Å². The first kappa shape index (κ1) is 12.6. The second-order valence-corrected chi connectivity index (χ2v) is 5.03. The number of aryl methyl sites for hydroxylation is 2. The van der Waals surface area contributed by atoms with Crippen LogP contribution in [0.3, 0.4) is 0 Å². The van der Waals surface area contributed by atoms with Gasteiger partial charge >= 0.3 is 0 Å². The fourth-order valence-corrected chi connectivity index (χ4v) is 2.41. The first-order valence-electron chi connectivity index (χ1n) is 6.86. The fraction of sp³-hybridized carbons (Fsp3) is 0.133. The lowest BCUT2D eigenvalue weighted by Gasteiger charge is -2.02. The maximum Gasteiger partial charge on any atom is 0.155 e. The maximum atomic E-state index is 4.54. The minimum atomic E-state index is 0.755. The Morgan fingerprint density at radius 2 is 1.86 bits per heavy atom. The molecule has 0 spiro atoms. The van der Waals surface area contributed by atoms with E-state index >= 15 is 0 Å². The van der Waals surface area contributed by atoms with E-state index in [1.807, 2.05) is 43.5 Å². The summed E-state index contributed by atoms with van der Waals surface area (Å²) in [5.74, 6) is 0. The minimum Gasteiger partial charge on any atom is -0.251 e. The molecule has 108 valence electrons. The summed E-state index contributed by atoms with van der Waals surface area (Å²) in [5, 5.41) is 13.1. The molecule has 22 heavy (non-hydrogen) atoms. The summed E-state index contributed by atoms with van der Waals surface area (Å²) in [6.07, 6.45) is 3.42. The van der Waals surface area contributed by atoms with E-state index in [2.05, 4.69) is 25.3 Å². The minimum absolute atomic E-state index is 0.755. The summed E-state index contributed by atoms with van der Waals surface area (Å²) >= 11 is 0. The Kier molecular flexibility index (Phi) is 2.72. The normalized spacial score (nSPS) is 11.2. The average molecular weight is 291 g/mol. The predicted molar refractivity (Wildman–Crippen MR) is 81.0 cm³/mol. The molecule has 7 heteroatoms. The summed E-state index contributed by atoms with van der Waals surface area (Å²) in [5.41, 5.74) is 5.00. The fourth-order valence-electron chi connectivity index (χ4n) is 2.41. The van der Waals surface area contributed by atoms with E-state index in [0.29, 0.717) is 0 Å². The molecule has 0 saturated heterocycles. The molecule has 0 radical (unpaired) electrons. The van der Waals surface area contributed by atoms with Gasteiger partial charge in [0.05, 0.1) is 5.69 Å². The molecular formula is C15H13N7. The second kappa shape index (κ2) is 4.73. The van der Waals surface area contributed by atoms with Gasteiger partial charge in [-0.15, -0.1) is 0 Å². The van der Waals surface area contributed by atoms with Gasteiger partial charge < -0.3 is 0 Å². The topological polar surface area (TPSA) is 73.8 Å². The van der Waals surface area contributed by atoms with Gasteiger partial charge in [-0.05, 0) is 31.2 Å². The van der Waals surface area contributed by atoms with Crippen LogP contribution in [0, 0.1) is 6.92 Å². The standard InChI is InChI=1S/C15H13N7/c1-10-4-3-5-12(18-10)15-14(19-21(2)20-15)11-6-7-13-16-9-17-22(13)8-11/h3-9H,1-2H3. The molecule has 4 heterocycles. The van der Waals surface area contributed by atoms with Crippen molar-refractivity contribution in [1.29, 1.82) is 0 Å². The van der Waals surface area contributed by atoms with Crippen molar-refractivity contribution in [2.45, 2.75) is 6.92 Å². The van der Waals surface area contributed by atoms with Gasteiger partial charge in [0.1, 0.15) is 17.7 Å². The van der Waals surface area contributed by atoms with Gasteiger partial charge in [0.25, 0.3) is 0 Å². The van der Waals surface area contributed by atoms with Gasteiger partial charge in [0, 0.05) is 24.5 Å². The molecule has 0 bridgehead atoms. The van der Waals surface area contributed by atoms with E-state index < -0.39 is 0 Å². The SMILES string of the molecule is Cc1cccc(-c2nn(C)nc2-c2ccc3ncnn3c2)n1. The van der Waals surface area contributed by atoms with Crippen LogP contribution in [0.5, 0.6) is 0 Å². The van der Waals surface area contributed by atoms with Gasteiger partial charge in [0.15, 0.2) is 5.65 Å². The number of hydrogen-bond acceptors (Lipinski definition) is 5. The summed E-state index contributed by atoms with van der Waals surface area (Å²) in [6, 6.07) is 9.74. The van der Waals surface area contributed by atoms with Crippen molar-refractivity contribution in [2.24, 2.45) is 7.05 Å². The highest BCUT2D eigenvalue weighted by Gasteiger charge is 2.16. The molecule has 0 fully saturated rings. The van der Waals surface area contributed by atoms with E-state index in [1.54, 1.807) is 16.4 Å². The highest BCUT2D eigenvalue weighted by molar-refractivity contribution is 5.75. The predicted octanol–water partition coefficient (Wildman–Crippen LogP) is 1.90. The van der Waals surface area contributed by atoms with Gasteiger partial charge in [-0.1, -0.05) is 6.07 Å². The van der Waals surface area contributed by atoms with Gasteiger partial charge in [-0.25, -0.2) is 9.50 Å². The first-order chi connectivity index (χ1) is 10.7. The molecular weight excluding hydrogens is 278 g/mol. The van der Waals surface area contributed by atoms with Gasteiger partial charge in [0.2, 0.25) is 0 Å². The van der Waals surface area contributed by atoms with Crippen LogP contribution in [-0.2, 0) is 7.05 Å². The van der Waals surface area contributed by atoms with Crippen molar-refractivity contribution in [3.63, 3.8) is 0 Å². The molecule has 0 saturated carbocycles. The Bertz CT molecular complexity index is 967. The number of aromatic nitrogens is 7. The van der Waals surface area contributed by atoms with E-state index in [1.165, 1.54) is 6.33 Å². The molecule has 0 aliphatic carbocycles. The summed E-state index contributed by atoms with van der Waals surface area (Å²) in [7, 11) is 1.80. The number of rotatable bonds is 2. The number of pyridine rings is 2. The molecule has 7 nitrogen and oxygen atoms in total. The highest BCUT2D eigenvalue weighted by Crippen LogP contribution is 2.27. The van der Waals surface area contributed by atoms with Crippen LogP contribution in [0.2, 0.25) is 0 Å². The molecule has 4 aromatic rings. The zero-order valence-corrected chi connectivity index (χ0v) is 12.2. The molecule has 0 atom stereocenters. The van der Waals surface area contributed by atoms with E-state index in [9.17, 15) is 0 Å². The van der Waals surface area contributed by atoms with Crippen molar-refractivity contribution >= 4 is 5.65 Å². The summed E-state index contributed by atoms with van der Waals surface area (Å²) in [4.78, 5) is 10.2.